The summed E-state index contributed by atoms with van der Waals surface area (Å²) in [5, 5.41) is 9.09. The molecular weight excluding hydrogens is 322 g/mol. The lowest BCUT2D eigenvalue weighted by molar-refractivity contribution is -0.148. The average molecular weight is 340 g/mol. The minimum atomic E-state index is -0.752. The second kappa shape index (κ2) is 6.39. The van der Waals surface area contributed by atoms with Gasteiger partial charge in [-0.25, -0.2) is 0 Å². The van der Waals surface area contributed by atoms with Crippen LogP contribution in [0.5, 0.6) is 0 Å². The molecule has 1 aliphatic heterocycles. The van der Waals surface area contributed by atoms with Crippen molar-refractivity contribution in [3.05, 3.63) is 34.3 Å². The van der Waals surface area contributed by atoms with Gasteiger partial charge in [0.05, 0.1) is 12.3 Å². The third-order valence-corrected chi connectivity index (χ3v) is 4.37. The Hall–Kier alpha value is -1.36. The van der Waals surface area contributed by atoms with Gasteiger partial charge in [0.25, 0.3) is 0 Å². The monoisotopic (exact) mass is 339 g/mol. The topological polar surface area (TPSA) is 57.6 Å². The number of carboxylic acids is 1. The van der Waals surface area contributed by atoms with Gasteiger partial charge >= 0.3 is 5.97 Å². The molecule has 1 aliphatic rings. The summed E-state index contributed by atoms with van der Waals surface area (Å²) in [7, 11) is 0. The molecule has 0 saturated carbocycles. The van der Waals surface area contributed by atoms with E-state index in [-0.39, 0.29) is 17.7 Å². The molecule has 1 heterocycles. The molecule has 1 fully saturated rings. The standard InChI is InChI=1S/C15H18BrNO3/c1-10-9-17(7-6-13(10)15(19)20)14(18)8-11-2-4-12(16)5-3-11/h2-5,10,13H,6-9H2,1H3,(H,19,20). The molecule has 108 valence electrons. The number of benzene rings is 1. The Morgan fingerprint density at radius 1 is 1.35 bits per heavy atom. The number of carbonyl (C=O) groups excluding carboxylic acids is 1. The van der Waals surface area contributed by atoms with Crippen LogP contribution in [-0.4, -0.2) is 35.0 Å². The number of carboxylic acid groups (broad SMARTS) is 1. The number of carbonyl (C=O) groups is 2. The van der Waals surface area contributed by atoms with E-state index in [4.69, 9.17) is 5.11 Å². The van der Waals surface area contributed by atoms with Gasteiger partial charge in [0.15, 0.2) is 0 Å². The number of rotatable bonds is 3. The zero-order chi connectivity index (χ0) is 14.7. The first-order chi connectivity index (χ1) is 9.47. The fourth-order valence-corrected chi connectivity index (χ4v) is 2.89. The summed E-state index contributed by atoms with van der Waals surface area (Å²) in [6.07, 6.45) is 0.917. The van der Waals surface area contributed by atoms with Crippen LogP contribution in [0, 0.1) is 11.8 Å². The van der Waals surface area contributed by atoms with Crippen molar-refractivity contribution in [3.63, 3.8) is 0 Å². The van der Waals surface area contributed by atoms with E-state index in [1.54, 1.807) is 4.90 Å². The smallest absolute Gasteiger partial charge is 0.306 e. The first-order valence-corrected chi connectivity index (χ1v) is 7.51. The molecule has 2 rings (SSSR count). The van der Waals surface area contributed by atoms with Crippen molar-refractivity contribution in [2.75, 3.05) is 13.1 Å². The molecule has 1 saturated heterocycles. The fourth-order valence-electron chi connectivity index (χ4n) is 2.63. The number of likely N-dealkylation sites (tertiary alicyclic amines) is 1. The highest BCUT2D eigenvalue weighted by atomic mass is 79.9. The van der Waals surface area contributed by atoms with Crippen molar-refractivity contribution in [1.29, 1.82) is 0 Å². The number of aliphatic carboxylic acids is 1. The number of nitrogens with zero attached hydrogens (tertiary/aromatic N) is 1. The van der Waals surface area contributed by atoms with Crippen LogP contribution in [0.2, 0.25) is 0 Å². The Labute approximate surface area is 126 Å². The van der Waals surface area contributed by atoms with Gasteiger partial charge in [0.2, 0.25) is 5.91 Å². The van der Waals surface area contributed by atoms with Gasteiger partial charge in [-0.3, -0.25) is 9.59 Å². The minimum absolute atomic E-state index is 0.00937. The van der Waals surface area contributed by atoms with Gasteiger partial charge < -0.3 is 10.0 Å². The Balaban J connectivity index is 1.94. The molecule has 1 aromatic carbocycles. The van der Waals surface area contributed by atoms with Crippen LogP contribution in [0.3, 0.4) is 0 Å². The van der Waals surface area contributed by atoms with Crippen LogP contribution >= 0.6 is 15.9 Å². The molecule has 4 nitrogen and oxygen atoms in total. The van der Waals surface area contributed by atoms with Crippen LogP contribution in [0.4, 0.5) is 0 Å². The second-order valence-electron chi connectivity index (χ2n) is 5.35. The van der Waals surface area contributed by atoms with Crippen molar-refractivity contribution in [3.8, 4) is 0 Å². The Morgan fingerprint density at radius 2 is 2.00 bits per heavy atom. The number of hydrogen-bond acceptors (Lipinski definition) is 2. The first kappa shape index (κ1) is 15.0. The molecule has 0 radical (unpaired) electrons. The zero-order valence-corrected chi connectivity index (χ0v) is 13.0. The summed E-state index contributed by atoms with van der Waals surface area (Å²) >= 11 is 3.37. The highest BCUT2D eigenvalue weighted by molar-refractivity contribution is 9.10. The Bertz CT molecular complexity index is 500. The molecule has 2 unspecified atom stereocenters. The maximum Gasteiger partial charge on any atom is 0.306 e. The largest absolute Gasteiger partial charge is 0.481 e. The van der Waals surface area contributed by atoms with E-state index in [1.807, 2.05) is 31.2 Å². The highest BCUT2D eigenvalue weighted by Gasteiger charge is 2.32. The van der Waals surface area contributed by atoms with Gasteiger partial charge in [0.1, 0.15) is 0 Å². The van der Waals surface area contributed by atoms with Crippen LogP contribution in [0.25, 0.3) is 0 Å². The van der Waals surface area contributed by atoms with Crippen molar-refractivity contribution in [2.24, 2.45) is 11.8 Å². The van der Waals surface area contributed by atoms with E-state index < -0.39 is 5.97 Å². The van der Waals surface area contributed by atoms with Crippen molar-refractivity contribution >= 4 is 27.8 Å². The minimum Gasteiger partial charge on any atom is -0.481 e. The van der Waals surface area contributed by atoms with Crippen LogP contribution in [-0.2, 0) is 16.0 Å². The first-order valence-electron chi connectivity index (χ1n) is 6.72. The van der Waals surface area contributed by atoms with Crippen molar-refractivity contribution in [2.45, 2.75) is 19.8 Å². The van der Waals surface area contributed by atoms with Gasteiger partial charge in [-0.05, 0) is 30.0 Å². The maximum atomic E-state index is 12.2. The van der Waals surface area contributed by atoms with E-state index in [1.165, 1.54) is 0 Å². The second-order valence-corrected chi connectivity index (χ2v) is 6.27. The summed E-state index contributed by atoms with van der Waals surface area (Å²) in [5.41, 5.74) is 0.978. The van der Waals surface area contributed by atoms with Gasteiger partial charge in [-0.15, -0.1) is 0 Å². The van der Waals surface area contributed by atoms with E-state index in [2.05, 4.69) is 15.9 Å². The lowest BCUT2D eigenvalue weighted by atomic mass is 9.87. The highest BCUT2D eigenvalue weighted by Crippen LogP contribution is 2.24. The molecule has 0 aromatic heterocycles. The molecule has 0 spiro atoms. The molecular formula is C15H18BrNO3. The molecule has 5 heteroatoms. The van der Waals surface area contributed by atoms with Gasteiger partial charge in [0, 0.05) is 17.6 Å². The fraction of sp³-hybridized carbons (Fsp3) is 0.467. The zero-order valence-electron chi connectivity index (χ0n) is 11.4. The third-order valence-electron chi connectivity index (χ3n) is 3.84. The summed E-state index contributed by atoms with van der Waals surface area (Å²) in [5.74, 6) is -0.998. The predicted molar refractivity (Wildman–Crippen MR) is 79.3 cm³/mol. The molecule has 20 heavy (non-hydrogen) atoms. The summed E-state index contributed by atoms with van der Waals surface area (Å²) in [6.45, 7) is 2.97. The third kappa shape index (κ3) is 3.60. The van der Waals surface area contributed by atoms with Gasteiger partial charge in [-0.1, -0.05) is 35.0 Å². The van der Waals surface area contributed by atoms with E-state index >= 15 is 0 Å². The lowest BCUT2D eigenvalue weighted by Gasteiger charge is -2.35. The van der Waals surface area contributed by atoms with Crippen molar-refractivity contribution in [1.82, 2.24) is 4.90 Å². The molecule has 1 N–H and O–H groups in total. The maximum absolute atomic E-state index is 12.2. The van der Waals surface area contributed by atoms with Crippen LogP contribution < -0.4 is 0 Å². The van der Waals surface area contributed by atoms with Gasteiger partial charge in [-0.2, -0.15) is 0 Å². The molecule has 1 amide bonds. The summed E-state index contributed by atoms with van der Waals surface area (Å²) in [4.78, 5) is 25.1. The van der Waals surface area contributed by atoms with Crippen molar-refractivity contribution < 1.29 is 14.7 Å². The van der Waals surface area contributed by atoms with Crippen LogP contribution in [0.1, 0.15) is 18.9 Å². The quantitative estimate of drug-likeness (QED) is 0.920. The number of piperidine rings is 1. The number of halogens is 1. The Morgan fingerprint density at radius 3 is 2.55 bits per heavy atom. The molecule has 0 bridgehead atoms. The molecule has 1 aromatic rings. The lowest BCUT2D eigenvalue weighted by Crippen LogP contribution is -2.45. The normalized spacial score (nSPS) is 22.6. The average Bonchev–Trinajstić information content (AvgIpc) is 2.40. The summed E-state index contributed by atoms with van der Waals surface area (Å²) in [6, 6.07) is 7.69. The molecule has 2 atom stereocenters. The SMILES string of the molecule is CC1CN(C(=O)Cc2ccc(Br)cc2)CCC1C(=O)O. The van der Waals surface area contributed by atoms with E-state index in [0.29, 0.717) is 25.9 Å². The predicted octanol–water partition coefficient (Wildman–Crippen LogP) is 2.56. The Kier molecular flexibility index (Phi) is 4.81. The van der Waals surface area contributed by atoms with E-state index in [9.17, 15) is 9.59 Å². The number of amides is 1. The molecule has 0 aliphatic carbocycles. The summed E-state index contributed by atoms with van der Waals surface area (Å²) < 4.78 is 0.990. The van der Waals surface area contributed by atoms with E-state index in [0.717, 1.165) is 10.0 Å². The number of hydrogen-bond donors (Lipinski definition) is 1. The van der Waals surface area contributed by atoms with Crippen LogP contribution in [0.15, 0.2) is 28.7 Å².